The zero-order valence-corrected chi connectivity index (χ0v) is 11.4. The Morgan fingerprint density at radius 1 is 1.29 bits per heavy atom. The van der Waals surface area contributed by atoms with Gasteiger partial charge in [0.25, 0.3) is 0 Å². The fourth-order valence-corrected chi connectivity index (χ4v) is 2.94. The predicted molar refractivity (Wildman–Crippen MR) is 72.7 cm³/mol. The van der Waals surface area contributed by atoms with Gasteiger partial charge in [-0.3, -0.25) is 4.79 Å². The van der Waals surface area contributed by atoms with Crippen molar-refractivity contribution in [2.24, 2.45) is 17.6 Å². The Balaban J connectivity index is 1.99. The fourth-order valence-electron chi connectivity index (χ4n) is 2.68. The van der Waals surface area contributed by atoms with Crippen LogP contribution in [-0.4, -0.2) is 12.3 Å². The van der Waals surface area contributed by atoms with E-state index in [1.165, 1.54) is 0 Å². The third kappa shape index (κ3) is 3.17. The highest BCUT2D eigenvalue weighted by Gasteiger charge is 2.31. The van der Waals surface area contributed by atoms with Crippen molar-refractivity contribution in [2.75, 3.05) is 6.54 Å². The van der Waals surface area contributed by atoms with Crippen molar-refractivity contribution in [1.29, 1.82) is 0 Å². The Bertz CT molecular complexity index is 388. The highest BCUT2D eigenvalue weighted by atomic mass is 79.9. The summed E-state index contributed by atoms with van der Waals surface area (Å²) < 4.78 is 1.05. The van der Waals surface area contributed by atoms with Crippen LogP contribution >= 0.6 is 15.9 Å². The van der Waals surface area contributed by atoms with Gasteiger partial charge in [0.1, 0.15) is 5.78 Å². The first-order valence-corrected chi connectivity index (χ1v) is 6.97. The Morgan fingerprint density at radius 3 is 2.65 bits per heavy atom. The Labute approximate surface area is 111 Å². The summed E-state index contributed by atoms with van der Waals surface area (Å²) >= 11 is 3.40. The highest BCUT2D eigenvalue weighted by Crippen LogP contribution is 2.32. The van der Waals surface area contributed by atoms with E-state index in [1.807, 2.05) is 24.3 Å². The van der Waals surface area contributed by atoms with Crippen LogP contribution in [0.5, 0.6) is 0 Å². The van der Waals surface area contributed by atoms with Gasteiger partial charge in [-0.1, -0.05) is 34.5 Å². The number of carbonyl (C=O) groups is 1. The van der Waals surface area contributed by atoms with E-state index in [0.29, 0.717) is 24.7 Å². The van der Waals surface area contributed by atoms with E-state index in [-0.39, 0.29) is 5.92 Å². The molecule has 0 aromatic heterocycles. The second-order valence-electron chi connectivity index (χ2n) is 4.80. The molecule has 2 unspecified atom stereocenters. The van der Waals surface area contributed by atoms with Gasteiger partial charge in [0.15, 0.2) is 0 Å². The molecule has 0 saturated heterocycles. The zero-order valence-electron chi connectivity index (χ0n) is 9.86. The number of Topliss-reactive ketones (excluding diaryl/α,β-unsaturated/α-hetero) is 1. The summed E-state index contributed by atoms with van der Waals surface area (Å²) in [7, 11) is 0. The van der Waals surface area contributed by atoms with Crippen LogP contribution in [0.1, 0.15) is 24.8 Å². The average molecular weight is 296 g/mol. The second kappa shape index (κ2) is 5.78. The van der Waals surface area contributed by atoms with Gasteiger partial charge in [-0.25, -0.2) is 0 Å². The number of ketones is 1. The maximum atomic E-state index is 12.2. The van der Waals surface area contributed by atoms with Crippen molar-refractivity contribution in [3.8, 4) is 0 Å². The number of hydrogen-bond donors (Lipinski definition) is 1. The molecule has 1 aromatic carbocycles. The zero-order chi connectivity index (χ0) is 12.3. The van der Waals surface area contributed by atoms with E-state index in [0.717, 1.165) is 29.3 Å². The quantitative estimate of drug-likeness (QED) is 0.928. The minimum absolute atomic E-state index is 0.198. The van der Waals surface area contributed by atoms with Gasteiger partial charge in [0.2, 0.25) is 0 Å². The lowest BCUT2D eigenvalue weighted by atomic mass is 9.89. The number of hydrogen-bond acceptors (Lipinski definition) is 2. The lowest BCUT2D eigenvalue weighted by Crippen LogP contribution is -2.26. The van der Waals surface area contributed by atoms with Crippen LogP contribution in [0.2, 0.25) is 0 Å². The Morgan fingerprint density at radius 2 is 2.00 bits per heavy atom. The van der Waals surface area contributed by atoms with E-state index in [1.54, 1.807) is 0 Å². The van der Waals surface area contributed by atoms with Crippen LogP contribution in [0.3, 0.4) is 0 Å². The first-order valence-electron chi connectivity index (χ1n) is 6.18. The van der Waals surface area contributed by atoms with Gasteiger partial charge in [0.05, 0.1) is 0 Å². The number of carbonyl (C=O) groups excluding carboxylic acids is 1. The summed E-state index contributed by atoms with van der Waals surface area (Å²) in [5.74, 6) is 0.974. The van der Waals surface area contributed by atoms with Gasteiger partial charge < -0.3 is 5.73 Å². The largest absolute Gasteiger partial charge is 0.330 e. The van der Waals surface area contributed by atoms with Gasteiger partial charge in [-0.2, -0.15) is 0 Å². The molecule has 0 amide bonds. The SMILES string of the molecule is NCC1CCCC1C(=O)Cc1ccc(Br)cc1. The van der Waals surface area contributed by atoms with E-state index in [2.05, 4.69) is 15.9 Å². The number of halogens is 1. The van der Waals surface area contributed by atoms with Gasteiger partial charge in [-0.05, 0) is 43.0 Å². The molecule has 1 aliphatic rings. The molecule has 0 heterocycles. The summed E-state index contributed by atoms with van der Waals surface area (Å²) in [5.41, 5.74) is 6.81. The molecule has 92 valence electrons. The number of nitrogens with two attached hydrogens (primary N) is 1. The summed E-state index contributed by atoms with van der Waals surface area (Å²) in [6.07, 6.45) is 3.84. The molecule has 2 N–H and O–H groups in total. The molecular formula is C14H18BrNO. The topological polar surface area (TPSA) is 43.1 Å². The molecule has 2 atom stereocenters. The summed E-state index contributed by atoms with van der Waals surface area (Å²) in [6.45, 7) is 0.650. The maximum absolute atomic E-state index is 12.2. The Kier molecular flexibility index (Phi) is 4.35. The predicted octanol–water partition coefficient (Wildman–Crippen LogP) is 2.94. The molecule has 3 heteroatoms. The van der Waals surface area contributed by atoms with Crippen LogP contribution < -0.4 is 5.73 Å². The van der Waals surface area contributed by atoms with Crippen molar-refractivity contribution in [1.82, 2.24) is 0 Å². The lowest BCUT2D eigenvalue weighted by Gasteiger charge is -2.16. The molecule has 0 bridgehead atoms. The first kappa shape index (κ1) is 12.8. The molecular weight excluding hydrogens is 278 g/mol. The Hall–Kier alpha value is -0.670. The minimum atomic E-state index is 0.198. The molecule has 2 nitrogen and oxygen atoms in total. The van der Waals surface area contributed by atoms with Crippen LogP contribution in [0.15, 0.2) is 28.7 Å². The monoisotopic (exact) mass is 295 g/mol. The molecule has 0 radical (unpaired) electrons. The second-order valence-corrected chi connectivity index (χ2v) is 5.72. The molecule has 1 aromatic rings. The number of rotatable bonds is 4. The molecule has 0 spiro atoms. The van der Waals surface area contributed by atoms with E-state index in [9.17, 15) is 4.79 Å². The van der Waals surface area contributed by atoms with Crippen molar-refractivity contribution < 1.29 is 4.79 Å². The van der Waals surface area contributed by atoms with E-state index >= 15 is 0 Å². The first-order chi connectivity index (χ1) is 8.20. The summed E-state index contributed by atoms with van der Waals surface area (Å²) in [5, 5.41) is 0. The standard InChI is InChI=1S/C14H18BrNO/c15-12-6-4-10(5-7-12)8-14(17)13-3-1-2-11(13)9-16/h4-7,11,13H,1-3,8-9,16H2. The summed E-state index contributed by atoms with van der Waals surface area (Å²) in [6, 6.07) is 7.98. The van der Waals surface area contributed by atoms with E-state index < -0.39 is 0 Å². The molecule has 1 fully saturated rings. The lowest BCUT2D eigenvalue weighted by molar-refractivity contribution is -0.123. The molecule has 0 aliphatic heterocycles. The smallest absolute Gasteiger partial charge is 0.140 e. The number of benzene rings is 1. The van der Waals surface area contributed by atoms with Crippen LogP contribution in [-0.2, 0) is 11.2 Å². The van der Waals surface area contributed by atoms with Crippen molar-refractivity contribution in [2.45, 2.75) is 25.7 Å². The van der Waals surface area contributed by atoms with Crippen LogP contribution in [0.4, 0.5) is 0 Å². The fraction of sp³-hybridized carbons (Fsp3) is 0.500. The molecule has 1 aliphatic carbocycles. The third-order valence-electron chi connectivity index (χ3n) is 3.67. The van der Waals surface area contributed by atoms with Crippen molar-refractivity contribution in [3.63, 3.8) is 0 Å². The molecule has 1 saturated carbocycles. The van der Waals surface area contributed by atoms with Crippen LogP contribution in [0.25, 0.3) is 0 Å². The van der Waals surface area contributed by atoms with Crippen LogP contribution in [0, 0.1) is 11.8 Å². The molecule has 2 rings (SSSR count). The van der Waals surface area contributed by atoms with Crippen molar-refractivity contribution >= 4 is 21.7 Å². The van der Waals surface area contributed by atoms with Gasteiger partial charge >= 0.3 is 0 Å². The normalized spacial score (nSPS) is 23.9. The molecule has 17 heavy (non-hydrogen) atoms. The third-order valence-corrected chi connectivity index (χ3v) is 4.20. The highest BCUT2D eigenvalue weighted by molar-refractivity contribution is 9.10. The average Bonchev–Trinajstić information content (AvgIpc) is 2.80. The van der Waals surface area contributed by atoms with Crippen molar-refractivity contribution in [3.05, 3.63) is 34.3 Å². The minimum Gasteiger partial charge on any atom is -0.330 e. The van der Waals surface area contributed by atoms with Gasteiger partial charge in [0, 0.05) is 16.8 Å². The summed E-state index contributed by atoms with van der Waals surface area (Å²) in [4.78, 5) is 12.2. The maximum Gasteiger partial charge on any atom is 0.140 e. The van der Waals surface area contributed by atoms with Gasteiger partial charge in [-0.15, -0.1) is 0 Å². The van der Waals surface area contributed by atoms with E-state index in [4.69, 9.17) is 5.73 Å².